The van der Waals surface area contributed by atoms with Gasteiger partial charge in [0.05, 0.1) is 4.90 Å². The normalized spacial score (nSPS) is 15.2. The van der Waals surface area contributed by atoms with E-state index < -0.39 is 10.0 Å². The maximum atomic E-state index is 12.7. The standard InChI is InChI=1S/C17H19NO4S/c1-2-15(13-6-4-3-5-7-13)18-23(19,20)14-8-9-16-17(12-14)22-11-10-21-16/h3-9,12,15,18H,2,10-11H2,1H3/t15-/m1/s1. The van der Waals surface area contributed by atoms with Crippen LogP contribution in [-0.2, 0) is 10.0 Å². The number of nitrogens with one attached hydrogen (secondary N) is 1. The molecule has 0 amide bonds. The smallest absolute Gasteiger partial charge is 0.241 e. The molecule has 0 bridgehead atoms. The van der Waals surface area contributed by atoms with E-state index in [0.29, 0.717) is 31.1 Å². The highest BCUT2D eigenvalue weighted by Gasteiger charge is 2.22. The summed E-state index contributed by atoms with van der Waals surface area (Å²) in [5.41, 5.74) is 0.941. The fourth-order valence-corrected chi connectivity index (χ4v) is 3.84. The predicted molar refractivity (Wildman–Crippen MR) is 87.2 cm³/mol. The first-order chi connectivity index (χ1) is 11.1. The van der Waals surface area contributed by atoms with Crippen molar-refractivity contribution in [3.05, 3.63) is 54.1 Å². The third-order valence-corrected chi connectivity index (χ3v) is 5.20. The first-order valence-electron chi connectivity index (χ1n) is 7.57. The quantitative estimate of drug-likeness (QED) is 0.914. The number of sulfonamides is 1. The zero-order valence-electron chi connectivity index (χ0n) is 12.9. The second-order valence-electron chi connectivity index (χ2n) is 5.30. The summed E-state index contributed by atoms with van der Waals surface area (Å²) in [6.07, 6.45) is 0.661. The van der Waals surface area contributed by atoms with Crippen molar-refractivity contribution in [3.63, 3.8) is 0 Å². The van der Waals surface area contributed by atoms with Crippen LogP contribution in [0.1, 0.15) is 24.9 Å². The number of fused-ring (bicyclic) bond motifs is 1. The average molecular weight is 333 g/mol. The Morgan fingerprint density at radius 3 is 2.43 bits per heavy atom. The second kappa shape index (κ2) is 6.60. The average Bonchev–Trinajstić information content (AvgIpc) is 2.60. The van der Waals surface area contributed by atoms with Crippen LogP contribution in [0.2, 0.25) is 0 Å². The molecule has 1 aliphatic heterocycles. The molecule has 0 aliphatic carbocycles. The fourth-order valence-electron chi connectivity index (χ4n) is 2.52. The van der Waals surface area contributed by atoms with Gasteiger partial charge in [-0.3, -0.25) is 0 Å². The van der Waals surface area contributed by atoms with E-state index >= 15 is 0 Å². The van der Waals surface area contributed by atoms with Crippen LogP contribution < -0.4 is 14.2 Å². The maximum absolute atomic E-state index is 12.7. The van der Waals surface area contributed by atoms with E-state index in [9.17, 15) is 8.42 Å². The van der Waals surface area contributed by atoms with Crippen molar-refractivity contribution in [1.29, 1.82) is 0 Å². The minimum Gasteiger partial charge on any atom is -0.486 e. The van der Waals surface area contributed by atoms with Gasteiger partial charge in [-0.1, -0.05) is 37.3 Å². The first-order valence-corrected chi connectivity index (χ1v) is 9.05. The number of hydrogen-bond acceptors (Lipinski definition) is 4. The Morgan fingerprint density at radius 1 is 1.04 bits per heavy atom. The van der Waals surface area contributed by atoms with E-state index in [1.54, 1.807) is 6.07 Å². The molecular formula is C17H19NO4S. The molecule has 0 saturated heterocycles. The molecular weight excluding hydrogens is 314 g/mol. The zero-order chi connectivity index (χ0) is 16.3. The van der Waals surface area contributed by atoms with Crippen LogP contribution >= 0.6 is 0 Å². The van der Waals surface area contributed by atoms with Gasteiger partial charge < -0.3 is 9.47 Å². The predicted octanol–water partition coefficient (Wildman–Crippen LogP) is 2.89. The topological polar surface area (TPSA) is 64.6 Å². The van der Waals surface area contributed by atoms with Crippen LogP contribution in [-0.4, -0.2) is 21.6 Å². The molecule has 0 fully saturated rings. The Morgan fingerprint density at radius 2 is 1.74 bits per heavy atom. The maximum Gasteiger partial charge on any atom is 0.241 e. The lowest BCUT2D eigenvalue weighted by atomic mass is 10.1. The highest BCUT2D eigenvalue weighted by molar-refractivity contribution is 7.89. The molecule has 0 aromatic heterocycles. The molecule has 2 aromatic rings. The van der Waals surface area contributed by atoms with Crippen molar-refractivity contribution in [2.75, 3.05) is 13.2 Å². The van der Waals surface area contributed by atoms with Gasteiger partial charge in [-0.2, -0.15) is 0 Å². The largest absolute Gasteiger partial charge is 0.486 e. The van der Waals surface area contributed by atoms with E-state index in [0.717, 1.165) is 5.56 Å². The lowest BCUT2D eigenvalue weighted by Gasteiger charge is -2.20. The lowest BCUT2D eigenvalue weighted by Crippen LogP contribution is -2.28. The second-order valence-corrected chi connectivity index (χ2v) is 7.01. The Balaban J connectivity index is 1.86. The Bertz CT molecular complexity index is 774. The summed E-state index contributed by atoms with van der Waals surface area (Å²) >= 11 is 0. The van der Waals surface area contributed by atoms with Crippen LogP contribution in [0.5, 0.6) is 11.5 Å². The summed E-state index contributed by atoms with van der Waals surface area (Å²) < 4.78 is 38.9. The molecule has 122 valence electrons. The Labute approximate surface area is 136 Å². The van der Waals surface area contributed by atoms with E-state index in [-0.39, 0.29) is 10.9 Å². The molecule has 0 unspecified atom stereocenters. The highest BCUT2D eigenvalue weighted by atomic mass is 32.2. The molecule has 1 N–H and O–H groups in total. The molecule has 0 radical (unpaired) electrons. The Kier molecular flexibility index (Phi) is 4.54. The van der Waals surface area contributed by atoms with Gasteiger partial charge in [0.2, 0.25) is 10.0 Å². The molecule has 6 heteroatoms. The van der Waals surface area contributed by atoms with Crippen LogP contribution in [0.15, 0.2) is 53.4 Å². The molecule has 23 heavy (non-hydrogen) atoms. The van der Waals surface area contributed by atoms with Gasteiger partial charge in [0.15, 0.2) is 11.5 Å². The van der Waals surface area contributed by atoms with Gasteiger partial charge in [0, 0.05) is 12.1 Å². The summed E-state index contributed by atoms with van der Waals surface area (Å²) in [4.78, 5) is 0.177. The SMILES string of the molecule is CC[C@@H](NS(=O)(=O)c1ccc2c(c1)OCCO2)c1ccccc1. The van der Waals surface area contributed by atoms with E-state index in [1.165, 1.54) is 12.1 Å². The van der Waals surface area contributed by atoms with Crippen molar-refractivity contribution in [2.24, 2.45) is 0 Å². The van der Waals surface area contributed by atoms with E-state index in [2.05, 4.69) is 4.72 Å². The molecule has 1 atom stereocenters. The van der Waals surface area contributed by atoms with E-state index in [4.69, 9.17) is 9.47 Å². The third kappa shape index (κ3) is 3.48. The van der Waals surface area contributed by atoms with Crippen molar-refractivity contribution in [3.8, 4) is 11.5 Å². The summed E-state index contributed by atoms with van der Waals surface area (Å²) in [7, 11) is -3.64. The summed E-state index contributed by atoms with van der Waals surface area (Å²) in [5.74, 6) is 1.04. The minimum absolute atomic E-state index is 0.177. The Hall–Kier alpha value is -2.05. The van der Waals surface area contributed by atoms with Crippen molar-refractivity contribution in [2.45, 2.75) is 24.3 Å². The molecule has 2 aromatic carbocycles. The van der Waals surface area contributed by atoms with Gasteiger partial charge in [-0.25, -0.2) is 13.1 Å². The van der Waals surface area contributed by atoms with Gasteiger partial charge in [0.1, 0.15) is 13.2 Å². The number of rotatable bonds is 5. The summed E-state index contributed by atoms with van der Waals surface area (Å²) in [6, 6.07) is 13.9. The summed E-state index contributed by atoms with van der Waals surface area (Å²) in [6.45, 7) is 2.85. The zero-order valence-corrected chi connectivity index (χ0v) is 13.7. The number of hydrogen-bond donors (Lipinski definition) is 1. The first kappa shape index (κ1) is 15.8. The molecule has 1 aliphatic rings. The van der Waals surface area contributed by atoms with Crippen LogP contribution in [0, 0.1) is 0 Å². The summed E-state index contributed by atoms with van der Waals surface area (Å²) in [5, 5.41) is 0. The molecule has 3 rings (SSSR count). The number of benzene rings is 2. The van der Waals surface area contributed by atoms with Crippen molar-refractivity contribution in [1.82, 2.24) is 4.72 Å². The fraction of sp³-hybridized carbons (Fsp3) is 0.294. The number of ether oxygens (including phenoxy) is 2. The lowest BCUT2D eigenvalue weighted by molar-refractivity contribution is 0.171. The van der Waals surface area contributed by atoms with E-state index in [1.807, 2.05) is 37.3 Å². The monoisotopic (exact) mass is 333 g/mol. The van der Waals surface area contributed by atoms with Crippen molar-refractivity contribution < 1.29 is 17.9 Å². The van der Waals surface area contributed by atoms with Crippen LogP contribution in [0.4, 0.5) is 0 Å². The van der Waals surface area contributed by atoms with Crippen molar-refractivity contribution >= 4 is 10.0 Å². The van der Waals surface area contributed by atoms with Gasteiger partial charge in [-0.15, -0.1) is 0 Å². The van der Waals surface area contributed by atoms with Gasteiger partial charge >= 0.3 is 0 Å². The minimum atomic E-state index is -3.64. The highest BCUT2D eigenvalue weighted by Crippen LogP contribution is 2.32. The molecule has 0 spiro atoms. The molecule has 0 saturated carbocycles. The molecule has 1 heterocycles. The van der Waals surface area contributed by atoms with Crippen LogP contribution in [0.25, 0.3) is 0 Å². The van der Waals surface area contributed by atoms with Crippen LogP contribution in [0.3, 0.4) is 0 Å². The molecule has 5 nitrogen and oxygen atoms in total. The van der Waals surface area contributed by atoms with Gasteiger partial charge in [0.25, 0.3) is 0 Å². The van der Waals surface area contributed by atoms with Gasteiger partial charge in [-0.05, 0) is 24.1 Å². The third-order valence-electron chi connectivity index (χ3n) is 3.73.